The van der Waals surface area contributed by atoms with Crippen LogP contribution in [0.25, 0.3) is 0 Å². The van der Waals surface area contributed by atoms with E-state index in [0.29, 0.717) is 18.7 Å². The molecule has 0 aromatic carbocycles. The van der Waals surface area contributed by atoms with Crippen molar-refractivity contribution in [1.82, 2.24) is 9.80 Å². The van der Waals surface area contributed by atoms with Gasteiger partial charge in [-0.15, -0.1) is 0 Å². The lowest BCUT2D eigenvalue weighted by atomic mass is 10.2. The molecule has 2 heterocycles. The van der Waals surface area contributed by atoms with E-state index in [2.05, 4.69) is 15.9 Å². The first-order valence-electron chi connectivity index (χ1n) is 6.20. The van der Waals surface area contributed by atoms with Crippen LogP contribution in [0.2, 0.25) is 0 Å². The predicted octanol–water partition coefficient (Wildman–Crippen LogP) is 0.695. The Hall–Kier alpha value is -0.630. The summed E-state index contributed by atoms with van der Waals surface area (Å²) < 4.78 is 5.65. The highest BCUT2D eigenvalue weighted by atomic mass is 16.5. The second-order valence-corrected chi connectivity index (χ2v) is 4.91. The summed E-state index contributed by atoms with van der Waals surface area (Å²) in [6, 6.07) is 2.77. The van der Waals surface area contributed by atoms with Crippen LogP contribution < -0.4 is 0 Å². The average Bonchev–Trinajstić information content (AvgIpc) is 2.90. The van der Waals surface area contributed by atoms with E-state index in [-0.39, 0.29) is 0 Å². The van der Waals surface area contributed by atoms with E-state index in [1.165, 1.54) is 19.3 Å². The average molecular weight is 223 g/mol. The molecule has 0 aromatic heterocycles. The first kappa shape index (κ1) is 11.8. The van der Waals surface area contributed by atoms with Gasteiger partial charge in [0.15, 0.2) is 0 Å². The molecule has 0 amide bonds. The Morgan fingerprint density at radius 1 is 1.50 bits per heavy atom. The van der Waals surface area contributed by atoms with E-state index in [1.54, 1.807) is 0 Å². The number of ether oxygens (including phenoxy) is 1. The smallest absolute Gasteiger partial charge is 0.0866 e. The van der Waals surface area contributed by atoms with Crippen LogP contribution in [0.3, 0.4) is 0 Å². The lowest BCUT2D eigenvalue weighted by Gasteiger charge is -2.23. The summed E-state index contributed by atoms with van der Waals surface area (Å²) in [5.74, 6) is 0. The zero-order chi connectivity index (χ0) is 11.4. The van der Waals surface area contributed by atoms with Crippen LogP contribution in [0.5, 0.6) is 0 Å². The van der Waals surface area contributed by atoms with Gasteiger partial charge in [-0.25, -0.2) is 0 Å². The molecule has 0 spiro atoms. The molecular formula is C12H21N3O. The summed E-state index contributed by atoms with van der Waals surface area (Å²) in [5.41, 5.74) is 0. The van der Waals surface area contributed by atoms with E-state index < -0.39 is 0 Å². The molecule has 4 nitrogen and oxygen atoms in total. The lowest BCUT2D eigenvalue weighted by Crippen LogP contribution is -2.36. The van der Waals surface area contributed by atoms with Gasteiger partial charge in [0.2, 0.25) is 0 Å². The Morgan fingerprint density at radius 2 is 2.38 bits per heavy atom. The van der Waals surface area contributed by atoms with Crippen LogP contribution in [-0.4, -0.2) is 61.8 Å². The molecule has 0 N–H and O–H groups in total. The van der Waals surface area contributed by atoms with E-state index in [4.69, 9.17) is 10.00 Å². The van der Waals surface area contributed by atoms with Crippen molar-refractivity contribution in [1.29, 1.82) is 5.26 Å². The number of hydrogen-bond acceptors (Lipinski definition) is 4. The van der Waals surface area contributed by atoms with Gasteiger partial charge in [0, 0.05) is 25.7 Å². The Kier molecular flexibility index (Phi) is 4.16. The fraction of sp³-hybridized carbons (Fsp3) is 0.917. The number of likely N-dealkylation sites (tertiary alicyclic amines) is 1. The van der Waals surface area contributed by atoms with Gasteiger partial charge in [-0.3, -0.25) is 9.80 Å². The molecule has 90 valence electrons. The Balaban J connectivity index is 1.72. The van der Waals surface area contributed by atoms with Gasteiger partial charge in [0.05, 0.1) is 18.7 Å². The fourth-order valence-electron chi connectivity index (χ4n) is 2.65. The van der Waals surface area contributed by atoms with Crippen molar-refractivity contribution in [2.45, 2.75) is 31.4 Å². The summed E-state index contributed by atoms with van der Waals surface area (Å²) in [6.45, 7) is 4.81. The van der Waals surface area contributed by atoms with Crippen molar-refractivity contribution in [3.05, 3.63) is 0 Å². The largest absolute Gasteiger partial charge is 0.377 e. The predicted molar refractivity (Wildman–Crippen MR) is 62.1 cm³/mol. The van der Waals surface area contributed by atoms with Gasteiger partial charge in [-0.2, -0.15) is 5.26 Å². The lowest BCUT2D eigenvalue weighted by molar-refractivity contribution is 0.0785. The second-order valence-electron chi connectivity index (χ2n) is 4.91. The zero-order valence-corrected chi connectivity index (χ0v) is 10.1. The molecule has 2 rings (SSSR count). The molecule has 0 bridgehead atoms. The van der Waals surface area contributed by atoms with Crippen molar-refractivity contribution >= 4 is 0 Å². The Bertz CT molecular complexity index is 257. The number of rotatable bonds is 4. The molecule has 0 saturated carbocycles. The highest BCUT2D eigenvalue weighted by Gasteiger charge is 2.28. The van der Waals surface area contributed by atoms with Crippen LogP contribution >= 0.6 is 0 Å². The van der Waals surface area contributed by atoms with E-state index >= 15 is 0 Å². The summed E-state index contributed by atoms with van der Waals surface area (Å²) >= 11 is 0. The number of nitriles is 1. The first-order valence-corrected chi connectivity index (χ1v) is 6.20. The van der Waals surface area contributed by atoms with Gasteiger partial charge >= 0.3 is 0 Å². The molecule has 2 fully saturated rings. The van der Waals surface area contributed by atoms with Gasteiger partial charge < -0.3 is 4.74 Å². The molecule has 4 heteroatoms. The summed E-state index contributed by atoms with van der Waals surface area (Å²) in [6.07, 6.45) is 4.08. The normalized spacial score (nSPS) is 31.1. The highest BCUT2D eigenvalue weighted by Crippen LogP contribution is 2.18. The molecule has 16 heavy (non-hydrogen) atoms. The number of likely N-dealkylation sites (N-methyl/N-ethyl adjacent to an activating group) is 1. The van der Waals surface area contributed by atoms with Crippen LogP contribution in [0.4, 0.5) is 0 Å². The van der Waals surface area contributed by atoms with Gasteiger partial charge in [0.1, 0.15) is 0 Å². The molecule has 2 aliphatic heterocycles. The molecule has 0 radical (unpaired) electrons. The van der Waals surface area contributed by atoms with E-state index in [0.717, 1.165) is 26.2 Å². The third-order valence-corrected chi connectivity index (χ3v) is 3.68. The molecule has 2 atom stereocenters. The minimum atomic E-state index is 0.458. The minimum absolute atomic E-state index is 0.458. The number of hydrogen-bond donors (Lipinski definition) is 0. The van der Waals surface area contributed by atoms with Crippen molar-refractivity contribution < 1.29 is 4.74 Å². The third kappa shape index (κ3) is 2.94. The topological polar surface area (TPSA) is 39.5 Å². The van der Waals surface area contributed by atoms with Gasteiger partial charge in [-0.1, -0.05) is 0 Å². The summed E-state index contributed by atoms with van der Waals surface area (Å²) in [7, 11) is 2.05. The Morgan fingerprint density at radius 3 is 3.06 bits per heavy atom. The van der Waals surface area contributed by atoms with E-state index in [1.807, 2.05) is 7.05 Å². The summed E-state index contributed by atoms with van der Waals surface area (Å²) in [5, 5.41) is 8.67. The molecular weight excluding hydrogens is 202 g/mol. The quantitative estimate of drug-likeness (QED) is 0.658. The highest BCUT2D eigenvalue weighted by molar-refractivity contribution is 4.87. The number of nitrogens with zero attached hydrogens (tertiary/aromatic N) is 3. The fourth-order valence-corrected chi connectivity index (χ4v) is 2.65. The standard InChI is InChI=1S/C12H21N3O/c1-14(7-5-13)11-4-6-15(9-11)10-12-3-2-8-16-12/h11-12H,2-4,6-10H2,1H3. The van der Waals surface area contributed by atoms with Crippen molar-refractivity contribution in [3.63, 3.8) is 0 Å². The molecule has 0 aliphatic carbocycles. The zero-order valence-electron chi connectivity index (χ0n) is 10.1. The van der Waals surface area contributed by atoms with Crippen molar-refractivity contribution in [3.8, 4) is 6.07 Å². The van der Waals surface area contributed by atoms with Crippen molar-refractivity contribution in [2.24, 2.45) is 0 Å². The van der Waals surface area contributed by atoms with Crippen molar-refractivity contribution in [2.75, 3.05) is 39.8 Å². The van der Waals surface area contributed by atoms with Gasteiger partial charge in [0.25, 0.3) is 0 Å². The molecule has 2 saturated heterocycles. The Labute approximate surface area is 97.8 Å². The van der Waals surface area contributed by atoms with Crippen LogP contribution in [0.1, 0.15) is 19.3 Å². The third-order valence-electron chi connectivity index (χ3n) is 3.68. The maximum Gasteiger partial charge on any atom is 0.0866 e. The maximum atomic E-state index is 8.67. The first-order chi connectivity index (χ1) is 7.79. The monoisotopic (exact) mass is 223 g/mol. The van der Waals surface area contributed by atoms with Crippen LogP contribution in [-0.2, 0) is 4.74 Å². The SMILES string of the molecule is CN(CC#N)C1CCN(CC2CCCO2)C1. The molecule has 2 unspecified atom stereocenters. The maximum absolute atomic E-state index is 8.67. The minimum Gasteiger partial charge on any atom is -0.377 e. The van der Waals surface area contributed by atoms with E-state index in [9.17, 15) is 0 Å². The summed E-state index contributed by atoms with van der Waals surface area (Å²) in [4.78, 5) is 4.64. The van der Waals surface area contributed by atoms with Gasteiger partial charge in [-0.05, 0) is 32.9 Å². The van der Waals surface area contributed by atoms with Crippen LogP contribution in [0, 0.1) is 11.3 Å². The molecule has 0 aromatic rings. The van der Waals surface area contributed by atoms with Crippen LogP contribution in [0.15, 0.2) is 0 Å². The molecule has 2 aliphatic rings. The second kappa shape index (κ2) is 5.62.